The number of quaternary nitrogens is 1. The molecule has 0 aliphatic rings. The summed E-state index contributed by atoms with van der Waals surface area (Å²) in [5.74, 6) is -0.836. The lowest BCUT2D eigenvalue weighted by molar-refractivity contribution is -0.870. The number of carbonyl (C=O) groups is 1. The molecule has 1 unspecified atom stereocenters. The number of thiophene rings is 1. The van der Waals surface area contributed by atoms with Gasteiger partial charge in [0.1, 0.15) is 6.54 Å². The lowest BCUT2D eigenvalue weighted by atomic mass is 10.1. The zero-order valence-corrected chi connectivity index (χ0v) is 23.3. The first-order valence-corrected chi connectivity index (χ1v) is 14.0. The van der Waals surface area contributed by atoms with E-state index < -0.39 is 19.2 Å². The number of nitrogens with one attached hydrogen (secondary N) is 1. The van der Waals surface area contributed by atoms with Gasteiger partial charge in [-0.25, -0.2) is 0 Å². The van der Waals surface area contributed by atoms with Crippen molar-refractivity contribution in [3.63, 3.8) is 0 Å². The van der Waals surface area contributed by atoms with Gasteiger partial charge in [-0.2, -0.15) is 0 Å². The summed E-state index contributed by atoms with van der Waals surface area (Å²) in [6, 6.07) is 9.83. The summed E-state index contributed by atoms with van der Waals surface area (Å²) >= 11 is 19.1. The average Bonchev–Trinajstić information content (AvgIpc) is 3.08. The van der Waals surface area contributed by atoms with Crippen molar-refractivity contribution < 1.29 is 28.7 Å². The minimum atomic E-state index is -4.79. The zero-order chi connectivity index (χ0) is 26.4. The predicted molar refractivity (Wildman–Crippen MR) is 145 cm³/mol. The molecule has 0 spiro atoms. The van der Waals surface area contributed by atoms with Gasteiger partial charge in [-0.1, -0.05) is 34.8 Å². The second-order valence-corrected chi connectivity index (χ2v) is 12.5. The zero-order valence-electron chi connectivity index (χ0n) is 19.3. The monoisotopic (exact) mass is 579 g/mol. The molecule has 0 aliphatic heterocycles. The molecule has 35 heavy (non-hydrogen) atoms. The van der Waals surface area contributed by atoms with Crippen LogP contribution in [0.4, 0.5) is 0 Å². The molecule has 190 valence electrons. The molecule has 4 N–H and O–H groups in total. The van der Waals surface area contributed by atoms with E-state index in [0.29, 0.717) is 26.0 Å². The van der Waals surface area contributed by atoms with Crippen molar-refractivity contribution in [3.8, 4) is 0 Å². The number of amides is 1. The van der Waals surface area contributed by atoms with Crippen LogP contribution in [0.1, 0.15) is 16.8 Å². The average molecular weight is 581 g/mol. The van der Waals surface area contributed by atoms with Crippen molar-refractivity contribution in [3.05, 3.63) is 74.2 Å². The van der Waals surface area contributed by atoms with Gasteiger partial charge >= 0.3 is 7.60 Å². The summed E-state index contributed by atoms with van der Waals surface area (Å²) < 4.78 is 13.7. The van der Waals surface area contributed by atoms with Crippen LogP contribution in [0.5, 0.6) is 0 Å². The quantitative estimate of drug-likeness (QED) is 0.217. The fourth-order valence-electron chi connectivity index (χ4n) is 2.98. The molecule has 0 bridgehead atoms. The van der Waals surface area contributed by atoms with E-state index in [1.807, 2.05) is 0 Å². The Labute approximate surface area is 223 Å². The highest BCUT2D eigenvalue weighted by Crippen LogP contribution is 2.54. The summed E-state index contributed by atoms with van der Waals surface area (Å²) in [6.45, 7) is 1.11. The predicted octanol–water partition coefficient (Wildman–Crippen LogP) is 5.55. The maximum absolute atomic E-state index is 12.6. The van der Waals surface area contributed by atoms with Crippen LogP contribution in [0, 0.1) is 0 Å². The largest absolute Gasteiger partial charge is 0.391 e. The number of benzene rings is 2. The Morgan fingerprint density at radius 3 is 2.23 bits per heavy atom. The van der Waals surface area contributed by atoms with Crippen LogP contribution in [0.3, 0.4) is 0 Å². The fraction of sp³-hybridized carbons (Fsp3) is 0.261. The number of carbonyl (C=O) groups excluding carboxylic acids is 1. The molecule has 12 heteroatoms. The Hall–Kier alpha value is -1.45. The van der Waals surface area contributed by atoms with Crippen molar-refractivity contribution >= 4 is 75.8 Å². The molecular formula is C23H27Cl3N2O5PS+. The normalized spacial score (nSPS) is 12.9. The third-order valence-electron chi connectivity index (χ3n) is 4.60. The van der Waals surface area contributed by atoms with Crippen molar-refractivity contribution in [1.82, 2.24) is 5.32 Å². The first kappa shape index (κ1) is 29.8. The van der Waals surface area contributed by atoms with Crippen LogP contribution in [0.15, 0.2) is 48.0 Å². The van der Waals surface area contributed by atoms with Crippen molar-refractivity contribution in [1.29, 1.82) is 0 Å². The van der Waals surface area contributed by atoms with Crippen LogP contribution in [0.2, 0.25) is 15.1 Å². The molecule has 0 aliphatic carbocycles. The van der Waals surface area contributed by atoms with E-state index in [9.17, 15) is 19.1 Å². The van der Waals surface area contributed by atoms with Crippen LogP contribution < -0.4 is 5.32 Å². The van der Waals surface area contributed by atoms with E-state index in [4.69, 9.17) is 39.9 Å². The Bertz CT molecular complexity index is 1230. The Morgan fingerprint density at radius 2 is 1.71 bits per heavy atom. The molecule has 0 saturated heterocycles. The molecule has 1 heterocycles. The van der Waals surface area contributed by atoms with Gasteiger partial charge in [0, 0.05) is 26.0 Å². The van der Waals surface area contributed by atoms with E-state index in [0.717, 1.165) is 15.7 Å². The van der Waals surface area contributed by atoms with E-state index in [-0.39, 0.29) is 12.2 Å². The van der Waals surface area contributed by atoms with Crippen LogP contribution >= 0.6 is 53.7 Å². The van der Waals surface area contributed by atoms with Crippen molar-refractivity contribution in [2.45, 2.75) is 5.66 Å². The van der Waals surface area contributed by atoms with Gasteiger partial charge in [-0.05, 0) is 64.4 Å². The topological polar surface area (TPSA) is 107 Å². The number of aliphatic hydroxyl groups is 1. The number of hydrogen-bond donors (Lipinski definition) is 4. The van der Waals surface area contributed by atoms with E-state index in [1.54, 1.807) is 41.8 Å². The number of hydrogen-bond acceptors (Lipinski definition) is 4. The number of nitrogens with zero attached hydrogens (tertiary/aromatic N) is 1. The van der Waals surface area contributed by atoms with Gasteiger partial charge in [-0.15, -0.1) is 11.3 Å². The fourth-order valence-corrected chi connectivity index (χ4v) is 5.72. The minimum Gasteiger partial charge on any atom is -0.391 e. The maximum Gasteiger partial charge on any atom is 0.342 e. The molecule has 0 saturated carbocycles. The number of halogens is 3. The molecule has 1 amide bonds. The summed E-state index contributed by atoms with van der Waals surface area (Å²) in [5, 5.41) is 14.2. The number of rotatable bonds is 7. The minimum absolute atomic E-state index is 0.229. The standard InChI is InChI=1S/C18H13Cl3NO4PS.C5H14NO/c19-11-1-2-16-14(8-11)15(9-28-16)17(27(24,25)26)18(23)22-4-3-10-5-12(20)7-13(21)6-10;1-6(2,3)4-5-7/h1-9,17H,(H,22,23)(H2,24,25,26);7H,4-5H2,1-3H3/q;+1. The molecule has 7 nitrogen and oxygen atoms in total. The highest BCUT2D eigenvalue weighted by atomic mass is 35.5. The third-order valence-corrected chi connectivity index (χ3v) is 7.44. The van der Waals surface area contributed by atoms with Crippen LogP contribution in [0.25, 0.3) is 16.2 Å². The maximum atomic E-state index is 12.6. The number of aliphatic hydroxyl groups excluding tert-OH is 1. The molecule has 1 atom stereocenters. The van der Waals surface area contributed by atoms with Gasteiger partial charge in [0.05, 0.1) is 27.7 Å². The van der Waals surface area contributed by atoms with Crippen molar-refractivity contribution in [2.24, 2.45) is 0 Å². The second kappa shape index (κ2) is 12.7. The van der Waals surface area contributed by atoms with Gasteiger partial charge in [0.25, 0.3) is 0 Å². The molecular weight excluding hydrogens is 554 g/mol. The van der Waals surface area contributed by atoms with Gasteiger partial charge in [-0.3, -0.25) is 9.36 Å². The van der Waals surface area contributed by atoms with Crippen LogP contribution in [-0.2, 0) is 9.36 Å². The Kier molecular flexibility index (Phi) is 10.8. The SMILES string of the molecule is C[N+](C)(C)CCO.O=C(NC=Cc1cc(Cl)cc(Cl)c1)C(c1csc2ccc(Cl)cc12)P(=O)(O)O. The molecule has 3 aromatic rings. The van der Waals surface area contributed by atoms with E-state index in [2.05, 4.69) is 26.5 Å². The summed E-state index contributed by atoms with van der Waals surface area (Å²) in [4.78, 5) is 32.2. The van der Waals surface area contributed by atoms with E-state index in [1.165, 1.54) is 23.6 Å². The van der Waals surface area contributed by atoms with E-state index >= 15 is 0 Å². The first-order valence-electron chi connectivity index (χ1n) is 10.3. The second-order valence-electron chi connectivity index (χ2n) is 8.61. The lowest BCUT2D eigenvalue weighted by Crippen LogP contribution is -2.36. The highest BCUT2D eigenvalue weighted by molar-refractivity contribution is 7.53. The smallest absolute Gasteiger partial charge is 0.342 e. The number of likely N-dealkylation sites (N-methyl/N-ethyl adjacent to an activating group) is 1. The Balaban J connectivity index is 0.000000540. The summed E-state index contributed by atoms with van der Waals surface area (Å²) in [7, 11) is 1.36. The molecule has 0 fully saturated rings. The number of fused-ring (bicyclic) bond motifs is 1. The van der Waals surface area contributed by atoms with Crippen molar-refractivity contribution in [2.75, 3.05) is 34.3 Å². The third kappa shape index (κ3) is 9.50. The summed E-state index contributed by atoms with van der Waals surface area (Å²) in [5.41, 5.74) is -0.807. The molecule has 0 radical (unpaired) electrons. The van der Waals surface area contributed by atoms with Crippen LogP contribution in [-0.4, -0.2) is 59.6 Å². The van der Waals surface area contributed by atoms with Gasteiger partial charge in [0.2, 0.25) is 5.91 Å². The highest BCUT2D eigenvalue weighted by Gasteiger charge is 2.38. The Morgan fingerprint density at radius 1 is 1.09 bits per heavy atom. The molecule has 2 aromatic carbocycles. The summed E-state index contributed by atoms with van der Waals surface area (Å²) in [6.07, 6.45) is 2.81. The lowest BCUT2D eigenvalue weighted by Gasteiger charge is -2.21. The van der Waals surface area contributed by atoms with Gasteiger partial charge < -0.3 is 24.7 Å². The first-order chi connectivity index (χ1) is 16.2. The molecule has 3 rings (SSSR count). The van der Waals surface area contributed by atoms with Gasteiger partial charge in [0.15, 0.2) is 5.66 Å². The molecule has 1 aromatic heterocycles.